The molecule has 18 heavy (non-hydrogen) atoms. The molecule has 2 atom stereocenters. The molecule has 2 amide bonds. The lowest BCUT2D eigenvalue weighted by Gasteiger charge is -2.38. The lowest BCUT2D eigenvalue weighted by Crippen LogP contribution is -2.45. The maximum Gasteiger partial charge on any atom is 0.227 e. The maximum atomic E-state index is 12.2. The molecule has 98 valence electrons. The Morgan fingerprint density at radius 1 is 1.50 bits per heavy atom. The SMILES string of the molecule is CN(C)C(=O)[C@H]1CCC(=O)N(C)[C@@H]1c1cccs1. The average molecular weight is 266 g/mol. The summed E-state index contributed by atoms with van der Waals surface area (Å²) in [5.74, 6) is 0.102. The normalized spacial score (nSPS) is 24.2. The van der Waals surface area contributed by atoms with E-state index in [1.165, 1.54) is 0 Å². The van der Waals surface area contributed by atoms with E-state index in [-0.39, 0.29) is 23.8 Å². The molecule has 0 N–H and O–H groups in total. The zero-order valence-corrected chi connectivity index (χ0v) is 11.7. The first kappa shape index (κ1) is 13.1. The first-order chi connectivity index (χ1) is 8.52. The number of hydrogen-bond donors (Lipinski definition) is 0. The van der Waals surface area contributed by atoms with Gasteiger partial charge in [0.2, 0.25) is 11.8 Å². The van der Waals surface area contributed by atoms with E-state index in [1.54, 1.807) is 42.3 Å². The van der Waals surface area contributed by atoms with E-state index < -0.39 is 0 Å². The van der Waals surface area contributed by atoms with Gasteiger partial charge in [0.25, 0.3) is 0 Å². The van der Waals surface area contributed by atoms with Crippen molar-refractivity contribution in [3.63, 3.8) is 0 Å². The number of rotatable bonds is 2. The van der Waals surface area contributed by atoms with E-state index in [0.29, 0.717) is 12.8 Å². The highest BCUT2D eigenvalue weighted by molar-refractivity contribution is 7.10. The quantitative estimate of drug-likeness (QED) is 0.818. The Hall–Kier alpha value is -1.36. The largest absolute Gasteiger partial charge is 0.349 e. The van der Waals surface area contributed by atoms with Crippen molar-refractivity contribution >= 4 is 23.2 Å². The van der Waals surface area contributed by atoms with Gasteiger partial charge in [0.1, 0.15) is 0 Å². The molecule has 1 aliphatic rings. The Labute approximate surface area is 111 Å². The molecule has 0 saturated carbocycles. The number of thiophene rings is 1. The molecular formula is C13H18N2O2S. The number of hydrogen-bond acceptors (Lipinski definition) is 3. The van der Waals surface area contributed by atoms with Crippen LogP contribution in [-0.2, 0) is 9.59 Å². The number of carbonyl (C=O) groups is 2. The molecule has 2 rings (SSSR count). The number of likely N-dealkylation sites (tertiary alicyclic amines) is 1. The van der Waals surface area contributed by atoms with Crippen LogP contribution in [0.3, 0.4) is 0 Å². The van der Waals surface area contributed by atoms with Crippen molar-refractivity contribution in [2.24, 2.45) is 5.92 Å². The third kappa shape index (κ3) is 2.27. The zero-order chi connectivity index (χ0) is 13.3. The van der Waals surface area contributed by atoms with Gasteiger partial charge >= 0.3 is 0 Å². The average Bonchev–Trinajstić information content (AvgIpc) is 2.84. The van der Waals surface area contributed by atoms with Crippen molar-refractivity contribution in [2.75, 3.05) is 21.1 Å². The topological polar surface area (TPSA) is 40.6 Å². The van der Waals surface area contributed by atoms with E-state index in [1.807, 2.05) is 17.5 Å². The molecule has 1 aliphatic heterocycles. The molecule has 1 fully saturated rings. The fraction of sp³-hybridized carbons (Fsp3) is 0.538. The summed E-state index contributed by atoms with van der Waals surface area (Å²) < 4.78 is 0. The number of nitrogens with zero attached hydrogens (tertiary/aromatic N) is 2. The Balaban J connectivity index is 2.33. The molecule has 1 aromatic rings. The molecule has 0 unspecified atom stereocenters. The third-order valence-electron chi connectivity index (χ3n) is 3.45. The summed E-state index contributed by atoms with van der Waals surface area (Å²) in [5.41, 5.74) is 0. The second-order valence-electron chi connectivity index (χ2n) is 4.84. The smallest absolute Gasteiger partial charge is 0.227 e. The Morgan fingerprint density at radius 2 is 2.22 bits per heavy atom. The summed E-state index contributed by atoms with van der Waals surface area (Å²) in [7, 11) is 5.33. The Morgan fingerprint density at radius 3 is 2.78 bits per heavy atom. The van der Waals surface area contributed by atoms with Crippen LogP contribution in [0, 0.1) is 5.92 Å². The van der Waals surface area contributed by atoms with Gasteiger partial charge in [-0.2, -0.15) is 0 Å². The predicted molar refractivity (Wildman–Crippen MR) is 71.2 cm³/mol. The van der Waals surface area contributed by atoms with Gasteiger partial charge < -0.3 is 9.80 Å². The fourth-order valence-corrected chi connectivity index (χ4v) is 3.41. The van der Waals surface area contributed by atoms with E-state index >= 15 is 0 Å². The molecule has 1 aromatic heterocycles. The van der Waals surface area contributed by atoms with E-state index in [4.69, 9.17) is 0 Å². The van der Waals surface area contributed by atoms with Gasteiger partial charge in [-0.1, -0.05) is 6.07 Å². The van der Waals surface area contributed by atoms with Crippen molar-refractivity contribution in [2.45, 2.75) is 18.9 Å². The first-order valence-electron chi connectivity index (χ1n) is 6.02. The van der Waals surface area contributed by atoms with Gasteiger partial charge in [-0.15, -0.1) is 11.3 Å². The van der Waals surface area contributed by atoms with Gasteiger partial charge in [-0.05, 0) is 17.9 Å². The molecule has 2 heterocycles. The molecule has 0 aromatic carbocycles. The van der Waals surface area contributed by atoms with Crippen molar-refractivity contribution in [3.05, 3.63) is 22.4 Å². The third-order valence-corrected chi connectivity index (χ3v) is 4.40. The lowest BCUT2D eigenvalue weighted by molar-refractivity contribution is -0.145. The molecule has 0 bridgehead atoms. The highest BCUT2D eigenvalue weighted by Gasteiger charge is 2.39. The van der Waals surface area contributed by atoms with Crippen LogP contribution in [0.1, 0.15) is 23.8 Å². The van der Waals surface area contributed by atoms with Crippen LogP contribution in [0.15, 0.2) is 17.5 Å². The van der Waals surface area contributed by atoms with Crippen LogP contribution in [0.25, 0.3) is 0 Å². The summed E-state index contributed by atoms with van der Waals surface area (Å²) in [5, 5.41) is 1.99. The second kappa shape index (κ2) is 5.10. The number of amides is 2. The highest BCUT2D eigenvalue weighted by atomic mass is 32.1. The van der Waals surface area contributed by atoms with Gasteiger partial charge in [-0.25, -0.2) is 0 Å². The summed E-state index contributed by atoms with van der Waals surface area (Å²) in [6.45, 7) is 0. The van der Waals surface area contributed by atoms with Gasteiger partial charge in [0.15, 0.2) is 0 Å². The molecule has 0 aliphatic carbocycles. The minimum atomic E-state index is -0.124. The van der Waals surface area contributed by atoms with E-state index in [2.05, 4.69) is 0 Å². The van der Waals surface area contributed by atoms with E-state index in [0.717, 1.165) is 4.88 Å². The van der Waals surface area contributed by atoms with Crippen molar-refractivity contribution in [1.29, 1.82) is 0 Å². The van der Waals surface area contributed by atoms with Gasteiger partial charge in [0.05, 0.1) is 12.0 Å². The molecule has 0 spiro atoms. The minimum absolute atomic E-state index is 0.104. The summed E-state index contributed by atoms with van der Waals surface area (Å²) in [4.78, 5) is 28.5. The van der Waals surface area contributed by atoms with E-state index in [9.17, 15) is 9.59 Å². The second-order valence-corrected chi connectivity index (χ2v) is 5.82. The molecular weight excluding hydrogens is 248 g/mol. The fourth-order valence-electron chi connectivity index (χ4n) is 2.48. The molecule has 1 saturated heterocycles. The van der Waals surface area contributed by atoms with Crippen LogP contribution >= 0.6 is 11.3 Å². The zero-order valence-electron chi connectivity index (χ0n) is 10.9. The maximum absolute atomic E-state index is 12.2. The van der Waals surface area contributed by atoms with Crippen LogP contribution in [0.4, 0.5) is 0 Å². The molecule has 0 radical (unpaired) electrons. The minimum Gasteiger partial charge on any atom is -0.349 e. The van der Waals surface area contributed by atoms with Gasteiger partial charge in [0, 0.05) is 32.4 Å². The molecule has 4 nitrogen and oxygen atoms in total. The summed E-state index contributed by atoms with van der Waals surface area (Å²) in [6, 6.07) is 3.85. The lowest BCUT2D eigenvalue weighted by atomic mass is 9.87. The van der Waals surface area contributed by atoms with Gasteiger partial charge in [-0.3, -0.25) is 9.59 Å². The van der Waals surface area contributed by atoms with Crippen LogP contribution in [0.5, 0.6) is 0 Å². The summed E-state index contributed by atoms with van der Waals surface area (Å²) in [6.07, 6.45) is 1.10. The first-order valence-corrected chi connectivity index (χ1v) is 6.90. The van der Waals surface area contributed by atoms with Crippen molar-refractivity contribution in [3.8, 4) is 0 Å². The number of piperidine rings is 1. The Kier molecular flexibility index (Phi) is 3.71. The predicted octanol–water partition coefficient (Wildman–Crippen LogP) is 1.75. The standard InChI is InChI=1S/C13H18N2O2S/c1-14(2)13(17)9-6-7-11(16)15(3)12(9)10-5-4-8-18-10/h4-5,8-9,12H,6-7H2,1-3H3/t9-,12-/m0/s1. The van der Waals surface area contributed by atoms with Crippen molar-refractivity contribution in [1.82, 2.24) is 9.80 Å². The summed E-state index contributed by atoms with van der Waals surface area (Å²) >= 11 is 1.60. The number of carbonyl (C=O) groups excluding carboxylic acids is 2. The van der Waals surface area contributed by atoms with Crippen LogP contribution in [0.2, 0.25) is 0 Å². The van der Waals surface area contributed by atoms with Crippen LogP contribution in [-0.4, -0.2) is 42.8 Å². The van der Waals surface area contributed by atoms with Crippen LogP contribution < -0.4 is 0 Å². The Bertz CT molecular complexity index is 442. The monoisotopic (exact) mass is 266 g/mol. The molecule has 5 heteroatoms. The van der Waals surface area contributed by atoms with Crippen molar-refractivity contribution < 1.29 is 9.59 Å². The highest BCUT2D eigenvalue weighted by Crippen LogP contribution is 2.38.